The van der Waals surface area contributed by atoms with E-state index in [1.807, 2.05) is 48.5 Å². The van der Waals surface area contributed by atoms with Crippen molar-refractivity contribution in [1.29, 1.82) is 0 Å². The number of hydrogen-bond acceptors (Lipinski definition) is 6. The zero-order chi connectivity index (χ0) is 23.6. The lowest BCUT2D eigenvalue weighted by molar-refractivity contribution is -0.142. The van der Waals surface area contributed by atoms with E-state index in [1.54, 1.807) is 25.3 Å². The molecule has 0 spiro atoms. The Morgan fingerprint density at radius 3 is 2.45 bits per heavy atom. The average Bonchev–Trinajstić information content (AvgIpc) is 2.86. The fraction of sp³-hybridized carbons (Fsp3) is 0.222. The summed E-state index contributed by atoms with van der Waals surface area (Å²) in [5, 5.41) is 0. The predicted octanol–water partition coefficient (Wildman–Crippen LogP) is 4.83. The number of hydrogen-bond donors (Lipinski definition) is 0. The van der Waals surface area contributed by atoms with E-state index < -0.39 is 17.9 Å². The van der Waals surface area contributed by atoms with Crippen molar-refractivity contribution in [3.63, 3.8) is 0 Å². The molecule has 6 heteroatoms. The fourth-order valence-corrected chi connectivity index (χ4v) is 3.66. The second-order valence-electron chi connectivity index (χ2n) is 7.25. The minimum atomic E-state index is -0.688. The second-order valence-corrected chi connectivity index (χ2v) is 7.25. The van der Waals surface area contributed by atoms with E-state index in [-0.39, 0.29) is 6.61 Å². The van der Waals surface area contributed by atoms with Crippen LogP contribution in [0.1, 0.15) is 29.5 Å². The molecule has 33 heavy (non-hydrogen) atoms. The van der Waals surface area contributed by atoms with E-state index in [0.29, 0.717) is 23.4 Å². The zero-order valence-electron chi connectivity index (χ0n) is 19.0. The molecule has 6 nitrogen and oxygen atoms in total. The molecule has 1 aromatic heterocycles. The maximum Gasteiger partial charge on any atom is 0.330 e. The van der Waals surface area contributed by atoms with Crippen LogP contribution in [-0.4, -0.2) is 37.7 Å². The maximum atomic E-state index is 12.9. The molecule has 0 bridgehead atoms. The number of benzene rings is 2. The summed E-state index contributed by atoms with van der Waals surface area (Å²) >= 11 is 0. The number of carbonyl (C=O) groups is 2. The Labute approximate surface area is 193 Å². The Kier molecular flexibility index (Phi) is 8.36. The minimum Gasteiger partial charge on any atom is -0.481 e. The first-order chi connectivity index (χ1) is 16.1. The van der Waals surface area contributed by atoms with Crippen LogP contribution in [0.4, 0.5) is 0 Å². The van der Waals surface area contributed by atoms with E-state index in [9.17, 15) is 9.59 Å². The van der Waals surface area contributed by atoms with Gasteiger partial charge in [0.2, 0.25) is 5.88 Å². The Morgan fingerprint density at radius 1 is 1.00 bits per heavy atom. The Balaban J connectivity index is 2.02. The first-order valence-electron chi connectivity index (χ1n) is 10.7. The monoisotopic (exact) mass is 445 g/mol. The third kappa shape index (κ3) is 6.07. The van der Waals surface area contributed by atoms with Crippen LogP contribution in [0.25, 0.3) is 17.2 Å². The number of methoxy groups -OCH3 is 2. The number of nitrogens with zero attached hydrogens (tertiary/aromatic N) is 1. The van der Waals surface area contributed by atoms with Crippen LogP contribution in [-0.2, 0) is 25.5 Å². The predicted molar refractivity (Wildman–Crippen MR) is 127 cm³/mol. The molecule has 0 radical (unpaired) electrons. The van der Waals surface area contributed by atoms with Gasteiger partial charge in [-0.05, 0) is 47.7 Å². The standard InChI is InChI=1S/C27H27NO5/c1-4-33-24(29)14-13-21-15-16-28-26(31-2)25(21)23(27(30)32-3)18-19-9-8-12-22(17-19)20-10-6-5-7-11-20/h5-17,23H,4,18H2,1-3H3/b14-13+. The van der Waals surface area contributed by atoms with Gasteiger partial charge in [0.15, 0.2) is 0 Å². The molecule has 1 heterocycles. The van der Waals surface area contributed by atoms with E-state index in [1.165, 1.54) is 20.3 Å². The molecule has 0 N–H and O–H groups in total. The highest BCUT2D eigenvalue weighted by Gasteiger charge is 2.28. The molecule has 170 valence electrons. The van der Waals surface area contributed by atoms with Crippen LogP contribution in [0, 0.1) is 0 Å². The normalized spacial score (nSPS) is 11.7. The SMILES string of the molecule is CCOC(=O)/C=C/c1ccnc(OC)c1C(Cc1cccc(-c2ccccc2)c1)C(=O)OC. The molecular formula is C27H27NO5. The van der Waals surface area contributed by atoms with Crippen molar-refractivity contribution in [3.8, 4) is 17.0 Å². The highest BCUT2D eigenvalue weighted by molar-refractivity contribution is 5.88. The number of pyridine rings is 1. The molecule has 3 rings (SSSR count). The van der Waals surface area contributed by atoms with Gasteiger partial charge in [0, 0.05) is 17.8 Å². The highest BCUT2D eigenvalue weighted by atomic mass is 16.5. The van der Waals surface area contributed by atoms with Crippen LogP contribution in [0.3, 0.4) is 0 Å². The topological polar surface area (TPSA) is 74.7 Å². The van der Waals surface area contributed by atoms with Crippen molar-refractivity contribution in [3.05, 3.63) is 89.6 Å². The number of ether oxygens (including phenoxy) is 3. The van der Waals surface area contributed by atoms with Crippen molar-refractivity contribution in [2.24, 2.45) is 0 Å². The van der Waals surface area contributed by atoms with Crippen LogP contribution >= 0.6 is 0 Å². The Morgan fingerprint density at radius 2 is 1.76 bits per heavy atom. The molecule has 0 saturated carbocycles. The lowest BCUT2D eigenvalue weighted by Crippen LogP contribution is -2.19. The Bertz CT molecular complexity index is 1120. The summed E-state index contributed by atoms with van der Waals surface area (Å²) in [6.07, 6.45) is 4.87. The first kappa shape index (κ1) is 23.7. The van der Waals surface area contributed by atoms with Crippen molar-refractivity contribution < 1.29 is 23.8 Å². The second kappa shape index (κ2) is 11.6. The van der Waals surface area contributed by atoms with Gasteiger partial charge in [-0.15, -0.1) is 0 Å². The van der Waals surface area contributed by atoms with E-state index >= 15 is 0 Å². The molecule has 0 aliphatic carbocycles. The number of esters is 2. The summed E-state index contributed by atoms with van der Waals surface area (Å²) in [4.78, 5) is 29.1. The van der Waals surface area contributed by atoms with Gasteiger partial charge in [-0.1, -0.05) is 54.6 Å². The largest absolute Gasteiger partial charge is 0.481 e. The van der Waals surface area contributed by atoms with Crippen LogP contribution in [0.2, 0.25) is 0 Å². The van der Waals surface area contributed by atoms with Crippen LogP contribution in [0.15, 0.2) is 72.9 Å². The van der Waals surface area contributed by atoms with Gasteiger partial charge in [-0.3, -0.25) is 4.79 Å². The smallest absolute Gasteiger partial charge is 0.330 e. The van der Waals surface area contributed by atoms with Gasteiger partial charge in [-0.25, -0.2) is 9.78 Å². The van der Waals surface area contributed by atoms with Gasteiger partial charge in [-0.2, -0.15) is 0 Å². The van der Waals surface area contributed by atoms with E-state index in [4.69, 9.17) is 14.2 Å². The molecule has 0 fully saturated rings. The number of rotatable bonds is 9. The molecule has 1 atom stereocenters. The third-order valence-electron chi connectivity index (χ3n) is 5.17. The summed E-state index contributed by atoms with van der Waals surface area (Å²) in [7, 11) is 2.85. The van der Waals surface area contributed by atoms with Crippen molar-refractivity contribution >= 4 is 18.0 Å². The van der Waals surface area contributed by atoms with Crippen molar-refractivity contribution in [2.45, 2.75) is 19.3 Å². The van der Waals surface area contributed by atoms with Crippen molar-refractivity contribution in [2.75, 3.05) is 20.8 Å². The molecule has 0 saturated heterocycles. The molecule has 1 unspecified atom stereocenters. The van der Waals surface area contributed by atoms with Crippen LogP contribution in [0.5, 0.6) is 5.88 Å². The molecular weight excluding hydrogens is 418 g/mol. The van der Waals surface area contributed by atoms with Gasteiger partial charge >= 0.3 is 11.9 Å². The lowest BCUT2D eigenvalue weighted by atomic mass is 9.88. The van der Waals surface area contributed by atoms with E-state index in [0.717, 1.165) is 16.7 Å². The van der Waals surface area contributed by atoms with Gasteiger partial charge in [0.1, 0.15) is 0 Å². The Hall–Kier alpha value is -3.93. The highest BCUT2D eigenvalue weighted by Crippen LogP contribution is 2.33. The number of carbonyl (C=O) groups excluding carboxylic acids is 2. The maximum absolute atomic E-state index is 12.9. The van der Waals surface area contributed by atoms with Gasteiger partial charge in [0.25, 0.3) is 0 Å². The summed E-state index contributed by atoms with van der Waals surface area (Å²) in [5.41, 5.74) is 4.28. The molecule has 3 aromatic rings. The van der Waals surface area contributed by atoms with Crippen molar-refractivity contribution in [1.82, 2.24) is 4.98 Å². The molecule has 0 aliphatic rings. The number of aromatic nitrogens is 1. The van der Waals surface area contributed by atoms with E-state index in [2.05, 4.69) is 11.1 Å². The quantitative estimate of drug-likeness (QED) is 0.347. The van der Waals surface area contributed by atoms with Gasteiger partial charge < -0.3 is 14.2 Å². The lowest BCUT2D eigenvalue weighted by Gasteiger charge is -2.20. The average molecular weight is 446 g/mol. The third-order valence-corrected chi connectivity index (χ3v) is 5.17. The minimum absolute atomic E-state index is 0.276. The molecule has 0 amide bonds. The molecule has 0 aliphatic heterocycles. The van der Waals surface area contributed by atoms with Crippen LogP contribution < -0.4 is 4.74 Å². The zero-order valence-corrected chi connectivity index (χ0v) is 19.0. The first-order valence-corrected chi connectivity index (χ1v) is 10.7. The molecule has 2 aromatic carbocycles. The summed E-state index contributed by atoms with van der Waals surface area (Å²) < 4.78 is 15.6. The van der Waals surface area contributed by atoms with Gasteiger partial charge in [0.05, 0.1) is 26.7 Å². The summed E-state index contributed by atoms with van der Waals surface area (Å²) in [6.45, 7) is 2.02. The fourth-order valence-electron chi connectivity index (χ4n) is 3.66. The summed E-state index contributed by atoms with van der Waals surface area (Å²) in [6, 6.07) is 19.8. The summed E-state index contributed by atoms with van der Waals surface area (Å²) in [5.74, 6) is -1.27.